The second kappa shape index (κ2) is 9.73. The first kappa shape index (κ1) is 29.3. The minimum absolute atomic E-state index is 0.0400. The Kier molecular flexibility index (Phi) is 7.12. The summed E-state index contributed by atoms with van der Waals surface area (Å²) in [5.41, 5.74) is 1.27. The molecule has 1 aromatic carbocycles. The minimum atomic E-state index is -2.95. The number of nitriles is 1. The summed E-state index contributed by atoms with van der Waals surface area (Å²) < 4.78 is 0. The number of hydrogen-bond donors (Lipinski definition) is 6. The van der Waals surface area contributed by atoms with Crippen LogP contribution in [0.15, 0.2) is 29.0 Å². The van der Waals surface area contributed by atoms with E-state index in [-0.39, 0.29) is 11.3 Å². The fraction of sp³-hybridized carbons (Fsp3) is 0.517. The van der Waals surface area contributed by atoms with Gasteiger partial charge in [-0.15, -0.1) is 0 Å². The van der Waals surface area contributed by atoms with Crippen molar-refractivity contribution in [1.82, 2.24) is 4.90 Å². The molecule has 3 aliphatic rings. The van der Waals surface area contributed by atoms with Crippen molar-refractivity contribution in [3.8, 4) is 11.8 Å². The lowest BCUT2D eigenvalue weighted by Gasteiger charge is -2.53. The van der Waals surface area contributed by atoms with Gasteiger partial charge in [-0.2, -0.15) is 5.26 Å². The molecule has 0 heterocycles. The number of ketones is 2. The molecule has 0 aromatic heterocycles. The van der Waals surface area contributed by atoms with Gasteiger partial charge in [-0.25, -0.2) is 0 Å². The van der Waals surface area contributed by atoms with Crippen molar-refractivity contribution < 1.29 is 39.9 Å². The van der Waals surface area contributed by atoms with Crippen LogP contribution in [0.1, 0.15) is 62.6 Å². The molecule has 0 saturated heterocycles. The summed E-state index contributed by atoms with van der Waals surface area (Å²) >= 11 is 0. The molecular weight excluding hydrogens is 518 g/mol. The number of carbonyl (C=O) groups is 3. The molecule has 11 nitrogen and oxygen atoms in total. The quantitative estimate of drug-likeness (QED) is 0.221. The van der Waals surface area contributed by atoms with E-state index in [1.807, 2.05) is 13.8 Å². The summed E-state index contributed by atoms with van der Waals surface area (Å²) in [6.45, 7) is 5.44. The molecule has 0 radical (unpaired) electrons. The minimum Gasteiger partial charge on any atom is -0.508 e. The maximum atomic E-state index is 14.1. The number of hydrogen-bond acceptors (Lipinski definition) is 10. The van der Waals surface area contributed by atoms with E-state index in [1.54, 1.807) is 19.1 Å². The molecule has 11 heteroatoms. The number of likely N-dealkylation sites (N-methyl/N-ethyl adjacent to an activating group) is 1. The van der Waals surface area contributed by atoms with Crippen LogP contribution in [0.2, 0.25) is 0 Å². The molecule has 0 bridgehead atoms. The first-order chi connectivity index (χ1) is 18.5. The summed E-state index contributed by atoms with van der Waals surface area (Å²) in [7, 11) is 2.92. The lowest BCUT2D eigenvalue weighted by atomic mass is 9.54. The Bertz CT molecular complexity index is 1420. The number of aromatic hydroxyl groups is 1. The van der Waals surface area contributed by atoms with Gasteiger partial charge in [0.1, 0.15) is 22.8 Å². The number of nitrogens with two attached hydrogens (primary N) is 1. The van der Waals surface area contributed by atoms with Crippen LogP contribution >= 0.6 is 0 Å². The van der Waals surface area contributed by atoms with Crippen molar-refractivity contribution >= 4 is 23.2 Å². The van der Waals surface area contributed by atoms with Crippen molar-refractivity contribution in [3.63, 3.8) is 0 Å². The first-order valence-corrected chi connectivity index (χ1v) is 13.1. The van der Waals surface area contributed by atoms with E-state index in [1.165, 1.54) is 19.0 Å². The summed E-state index contributed by atoms with van der Waals surface area (Å²) in [6.07, 6.45) is -0.184. The second-order valence-electron chi connectivity index (χ2n) is 11.9. The molecule has 214 valence electrons. The van der Waals surface area contributed by atoms with Gasteiger partial charge in [0.25, 0.3) is 5.91 Å². The van der Waals surface area contributed by atoms with Crippen LogP contribution in [0.5, 0.6) is 5.75 Å². The SMILES string of the molecule is C[C@H]1c2ccc(C(C)(C)CCCC#N)c(O)c2C(O)=C2C(=O)[C@]3(O)C(O)=C(C(N)=O)C(=O)C(N(C)C)[C@@H]3[C@@H](O)[C@@H]21. The van der Waals surface area contributed by atoms with Crippen molar-refractivity contribution in [1.29, 1.82) is 5.26 Å². The monoisotopic (exact) mass is 553 g/mol. The highest BCUT2D eigenvalue weighted by atomic mass is 16.4. The highest BCUT2D eigenvalue weighted by Crippen LogP contribution is 2.57. The smallest absolute Gasteiger partial charge is 0.255 e. The highest BCUT2D eigenvalue weighted by molar-refractivity contribution is 6.24. The molecule has 1 unspecified atom stereocenters. The van der Waals surface area contributed by atoms with Crippen LogP contribution in [-0.2, 0) is 19.8 Å². The van der Waals surface area contributed by atoms with Crippen molar-refractivity contribution in [2.45, 2.75) is 69.1 Å². The number of aliphatic hydroxyl groups is 4. The molecule has 40 heavy (non-hydrogen) atoms. The third kappa shape index (κ3) is 3.85. The van der Waals surface area contributed by atoms with Gasteiger partial charge >= 0.3 is 0 Å². The van der Waals surface area contributed by atoms with Gasteiger partial charge in [-0.3, -0.25) is 19.3 Å². The predicted molar refractivity (Wildman–Crippen MR) is 143 cm³/mol. The van der Waals surface area contributed by atoms with Gasteiger partial charge in [0.2, 0.25) is 5.78 Å². The number of phenolic OH excluding ortho intramolecular Hbond substituents is 1. The largest absolute Gasteiger partial charge is 0.508 e. The lowest BCUT2D eigenvalue weighted by Crippen LogP contribution is -2.70. The molecule has 6 atom stereocenters. The number of nitrogens with zero attached hydrogens (tertiary/aromatic N) is 2. The first-order valence-electron chi connectivity index (χ1n) is 13.1. The zero-order chi connectivity index (χ0) is 30.1. The van der Waals surface area contributed by atoms with E-state index in [9.17, 15) is 39.9 Å². The highest BCUT2D eigenvalue weighted by Gasteiger charge is 2.68. The van der Waals surface area contributed by atoms with Crippen LogP contribution in [0.25, 0.3) is 5.76 Å². The number of Topliss-reactive ketones (excluding diaryl/α,β-unsaturated/α-hetero) is 2. The lowest BCUT2D eigenvalue weighted by molar-refractivity contribution is -0.169. The Morgan fingerprint density at radius 1 is 1.20 bits per heavy atom. The molecule has 4 rings (SSSR count). The molecule has 1 fully saturated rings. The summed E-state index contributed by atoms with van der Waals surface area (Å²) in [5, 5.41) is 66.3. The number of unbranched alkanes of at least 4 members (excludes halogenated alkanes) is 1. The molecule has 0 spiro atoms. The van der Waals surface area contributed by atoms with Gasteiger partial charge in [0.15, 0.2) is 11.4 Å². The number of fused-ring (bicyclic) bond motifs is 3. The topological polar surface area (TPSA) is 205 Å². The van der Waals surface area contributed by atoms with Crippen LogP contribution < -0.4 is 5.73 Å². The Hall–Kier alpha value is -3.72. The molecular formula is C29H35N3O8. The predicted octanol–water partition coefficient (Wildman–Crippen LogP) is 1.47. The van der Waals surface area contributed by atoms with E-state index < -0.39 is 81.1 Å². The van der Waals surface area contributed by atoms with Crippen molar-refractivity contribution in [3.05, 3.63) is 45.7 Å². The third-order valence-electron chi connectivity index (χ3n) is 8.95. The van der Waals surface area contributed by atoms with E-state index in [2.05, 4.69) is 6.07 Å². The van der Waals surface area contributed by atoms with Crippen molar-refractivity contribution in [2.24, 2.45) is 17.6 Å². The van der Waals surface area contributed by atoms with Crippen LogP contribution in [0.3, 0.4) is 0 Å². The standard InChI is InChI=1S/C29H35N3O8/c1-12-13-8-9-14(28(2,3)10-6-7-11-30)21(33)16(13)22(34)17-15(12)23(35)19-20(32(4)5)24(36)18(27(31)39)26(38)29(19,40)25(17)37/h8-9,12,15,19-20,23,33-35,38,40H,6-7,10H2,1-5H3,(H2,31,39)/t12-,15+,19+,20?,23-,29-/m0/s1. The van der Waals surface area contributed by atoms with Gasteiger partial charge in [0.05, 0.1) is 29.7 Å². The maximum Gasteiger partial charge on any atom is 0.255 e. The summed E-state index contributed by atoms with van der Waals surface area (Å²) in [4.78, 5) is 40.8. The molecule has 0 aliphatic heterocycles. The van der Waals surface area contributed by atoms with Crippen LogP contribution in [-0.4, -0.2) is 79.7 Å². The molecule has 3 aliphatic carbocycles. The van der Waals surface area contributed by atoms with Crippen molar-refractivity contribution in [2.75, 3.05) is 14.1 Å². The van der Waals surface area contributed by atoms with Gasteiger partial charge in [-0.1, -0.05) is 32.9 Å². The number of phenols is 1. The van der Waals surface area contributed by atoms with E-state index in [4.69, 9.17) is 11.0 Å². The normalized spacial score (nSPS) is 30.1. The Morgan fingerprint density at radius 2 is 1.82 bits per heavy atom. The van der Waals surface area contributed by atoms with Gasteiger partial charge in [0, 0.05) is 23.5 Å². The number of rotatable bonds is 6. The summed E-state index contributed by atoms with van der Waals surface area (Å²) in [6, 6.07) is 4.10. The van der Waals surface area contributed by atoms with E-state index >= 15 is 0 Å². The average Bonchev–Trinajstić information content (AvgIpc) is 2.85. The Morgan fingerprint density at radius 3 is 2.38 bits per heavy atom. The van der Waals surface area contributed by atoms with Gasteiger partial charge < -0.3 is 31.3 Å². The Labute approximate surface area is 231 Å². The molecule has 1 amide bonds. The van der Waals surface area contributed by atoms with E-state index in [0.717, 1.165) is 0 Å². The molecule has 1 aromatic rings. The average molecular weight is 554 g/mol. The zero-order valence-electron chi connectivity index (χ0n) is 23.1. The van der Waals surface area contributed by atoms with Gasteiger partial charge in [-0.05, 0) is 43.8 Å². The fourth-order valence-electron chi connectivity index (χ4n) is 6.91. The van der Waals surface area contributed by atoms with Crippen LogP contribution in [0, 0.1) is 23.2 Å². The fourth-order valence-corrected chi connectivity index (χ4v) is 6.91. The number of amides is 1. The zero-order valence-corrected chi connectivity index (χ0v) is 23.1. The Balaban J connectivity index is 1.98. The maximum absolute atomic E-state index is 14.1. The number of primary amides is 1. The summed E-state index contributed by atoms with van der Waals surface area (Å²) in [5.74, 6) is -9.11. The number of benzene rings is 1. The van der Waals surface area contributed by atoms with Crippen LogP contribution in [0.4, 0.5) is 0 Å². The van der Waals surface area contributed by atoms with E-state index in [0.29, 0.717) is 30.4 Å². The second-order valence-corrected chi connectivity index (χ2v) is 11.9. The number of carbonyl (C=O) groups excluding carboxylic acids is 3. The molecule has 7 N–H and O–H groups in total. The number of aliphatic hydroxyl groups excluding tert-OH is 3. The third-order valence-corrected chi connectivity index (χ3v) is 8.95. The molecule has 1 saturated carbocycles.